The second kappa shape index (κ2) is 5.78. The molecule has 0 radical (unpaired) electrons. The predicted molar refractivity (Wildman–Crippen MR) is 89.5 cm³/mol. The summed E-state index contributed by atoms with van der Waals surface area (Å²) in [5, 5.41) is 3.63. The first-order valence-electron chi connectivity index (χ1n) is 6.59. The maximum absolute atomic E-state index is 5.73. The molecule has 0 amide bonds. The first-order valence-corrected chi connectivity index (χ1v) is 8.17. The first kappa shape index (κ1) is 14.0. The van der Waals surface area contributed by atoms with E-state index in [-0.39, 0.29) is 6.04 Å². The molecular weight excluding hydrogens is 382 g/mol. The summed E-state index contributed by atoms with van der Waals surface area (Å²) in [5.41, 5.74) is 3.57. The van der Waals surface area contributed by atoms with E-state index >= 15 is 0 Å². The highest BCUT2D eigenvalue weighted by Gasteiger charge is 2.22. The van der Waals surface area contributed by atoms with Gasteiger partial charge in [0.1, 0.15) is 5.75 Å². The van der Waals surface area contributed by atoms with Gasteiger partial charge in [0.2, 0.25) is 0 Å². The zero-order valence-corrected chi connectivity index (χ0v) is 14.3. The number of hydrogen-bond acceptors (Lipinski definition) is 2. The van der Waals surface area contributed by atoms with Crippen LogP contribution in [0, 0.1) is 6.92 Å². The molecule has 2 aromatic carbocycles. The van der Waals surface area contributed by atoms with Crippen LogP contribution in [0.5, 0.6) is 5.75 Å². The summed E-state index contributed by atoms with van der Waals surface area (Å²) >= 11 is 7.20. The predicted octanol–water partition coefficient (Wildman–Crippen LogP) is 5.46. The Morgan fingerprint density at radius 1 is 1.20 bits per heavy atom. The molecule has 1 aliphatic rings. The van der Waals surface area contributed by atoms with E-state index in [0.29, 0.717) is 0 Å². The highest BCUT2D eigenvalue weighted by atomic mass is 79.9. The fourth-order valence-electron chi connectivity index (χ4n) is 2.46. The number of halogens is 2. The number of ether oxygens (including phenoxy) is 1. The van der Waals surface area contributed by atoms with Crippen molar-refractivity contribution in [2.75, 3.05) is 11.9 Å². The Labute approximate surface area is 135 Å². The van der Waals surface area contributed by atoms with Gasteiger partial charge >= 0.3 is 0 Å². The maximum Gasteiger partial charge on any atom is 0.124 e. The number of aryl methyl sites for hydroxylation is 1. The summed E-state index contributed by atoms with van der Waals surface area (Å²) < 4.78 is 7.94. The minimum atomic E-state index is 0.273. The Hall–Kier alpha value is -1.000. The molecule has 2 aromatic rings. The molecule has 0 fully saturated rings. The molecule has 104 valence electrons. The van der Waals surface area contributed by atoms with Gasteiger partial charge in [-0.1, -0.05) is 28.1 Å². The minimum absolute atomic E-state index is 0.273. The van der Waals surface area contributed by atoms with Crippen LogP contribution < -0.4 is 10.1 Å². The smallest absolute Gasteiger partial charge is 0.124 e. The van der Waals surface area contributed by atoms with Gasteiger partial charge in [-0.2, -0.15) is 0 Å². The van der Waals surface area contributed by atoms with E-state index in [1.807, 2.05) is 12.1 Å². The van der Waals surface area contributed by atoms with Crippen molar-refractivity contribution >= 4 is 37.5 Å². The molecule has 0 aromatic heterocycles. The van der Waals surface area contributed by atoms with Crippen molar-refractivity contribution < 1.29 is 4.74 Å². The van der Waals surface area contributed by atoms with Gasteiger partial charge in [-0.25, -0.2) is 0 Å². The van der Waals surface area contributed by atoms with Crippen LogP contribution in [0.15, 0.2) is 45.3 Å². The Bertz CT molecular complexity index is 642. The van der Waals surface area contributed by atoms with Crippen LogP contribution in [0.3, 0.4) is 0 Å². The van der Waals surface area contributed by atoms with Crippen LogP contribution in [0.25, 0.3) is 0 Å². The van der Waals surface area contributed by atoms with Crippen molar-refractivity contribution in [3.05, 3.63) is 56.5 Å². The van der Waals surface area contributed by atoms with Crippen LogP contribution in [0.1, 0.15) is 23.6 Å². The van der Waals surface area contributed by atoms with Gasteiger partial charge in [-0.3, -0.25) is 0 Å². The lowest BCUT2D eigenvalue weighted by Crippen LogP contribution is -2.20. The number of benzene rings is 2. The summed E-state index contributed by atoms with van der Waals surface area (Å²) in [6.07, 6.45) is 0.962. The third-order valence-electron chi connectivity index (χ3n) is 3.53. The largest absolute Gasteiger partial charge is 0.493 e. The highest BCUT2D eigenvalue weighted by Crippen LogP contribution is 2.37. The molecule has 3 rings (SSSR count). The van der Waals surface area contributed by atoms with Gasteiger partial charge in [0, 0.05) is 26.6 Å². The van der Waals surface area contributed by atoms with Crippen LogP contribution >= 0.6 is 31.9 Å². The van der Waals surface area contributed by atoms with Crippen LogP contribution in [-0.2, 0) is 0 Å². The standard InChI is InChI=1S/C16H15Br2NO/c1-10-3-2-4-14(16(10)18)19-13-7-8-20-15-6-5-11(17)9-12(13)15/h2-6,9,13,19H,7-8H2,1H3. The Kier molecular flexibility index (Phi) is 4.03. The van der Waals surface area contributed by atoms with Crippen molar-refractivity contribution in [2.24, 2.45) is 0 Å². The molecule has 0 aliphatic carbocycles. The topological polar surface area (TPSA) is 21.3 Å². The van der Waals surface area contributed by atoms with Crippen LogP contribution in [-0.4, -0.2) is 6.61 Å². The molecule has 2 nitrogen and oxygen atoms in total. The average Bonchev–Trinajstić information content (AvgIpc) is 2.44. The molecule has 1 heterocycles. The lowest BCUT2D eigenvalue weighted by molar-refractivity contribution is 0.274. The number of hydrogen-bond donors (Lipinski definition) is 1. The Balaban J connectivity index is 1.93. The van der Waals surface area contributed by atoms with Gasteiger partial charge in [-0.05, 0) is 52.7 Å². The van der Waals surface area contributed by atoms with E-state index in [0.717, 1.165) is 33.4 Å². The number of fused-ring (bicyclic) bond motifs is 1. The average molecular weight is 397 g/mol. The van der Waals surface area contributed by atoms with Gasteiger partial charge in [0.15, 0.2) is 0 Å². The van der Waals surface area contributed by atoms with Crippen molar-refractivity contribution in [3.63, 3.8) is 0 Å². The lowest BCUT2D eigenvalue weighted by atomic mass is 10.00. The fraction of sp³-hybridized carbons (Fsp3) is 0.250. The maximum atomic E-state index is 5.73. The SMILES string of the molecule is Cc1cccc(NC2CCOc3ccc(Br)cc32)c1Br. The van der Waals surface area contributed by atoms with Crippen molar-refractivity contribution in [1.29, 1.82) is 0 Å². The number of nitrogens with one attached hydrogen (secondary N) is 1. The molecule has 20 heavy (non-hydrogen) atoms. The molecule has 0 bridgehead atoms. The lowest BCUT2D eigenvalue weighted by Gasteiger charge is -2.28. The Morgan fingerprint density at radius 3 is 2.90 bits per heavy atom. The third-order valence-corrected chi connectivity index (χ3v) is 5.08. The summed E-state index contributed by atoms with van der Waals surface area (Å²) in [6.45, 7) is 2.85. The second-order valence-corrected chi connectivity index (χ2v) is 6.66. The van der Waals surface area contributed by atoms with E-state index in [1.54, 1.807) is 0 Å². The number of rotatable bonds is 2. The molecule has 0 spiro atoms. The zero-order chi connectivity index (χ0) is 14.1. The monoisotopic (exact) mass is 395 g/mol. The van der Waals surface area contributed by atoms with Crippen molar-refractivity contribution in [1.82, 2.24) is 0 Å². The van der Waals surface area contributed by atoms with Gasteiger partial charge in [0.05, 0.1) is 12.6 Å². The van der Waals surface area contributed by atoms with Gasteiger partial charge in [0.25, 0.3) is 0 Å². The van der Waals surface area contributed by atoms with Crippen LogP contribution in [0.2, 0.25) is 0 Å². The van der Waals surface area contributed by atoms with Gasteiger partial charge in [-0.15, -0.1) is 0 Å². The molecule has 0 saturated heterocycles. The normalized spacial score (nSPS) is 17.2. The summed E-state index contributed by atoms with van der Waals surface area (Å²) in [4.78, 5) is 0. The summed E-state index contributed by atoms with van der Waals surface area (Å²) in [5.74, 6) is 0.973. The molecular formula is C16H15Br2NO. The summed E-state index contributed by atoms with van der Waals surface area (Å²) in [7, 11) is 0. The highest BCUT2D eigenvalue weighted by molar-refractivity contribution is 9.11. The third kappa shape index (κ3) is 2.72. The molecule has 4 heteroatoms. The van der Waals surface area contributed by atoms with E-state index in [1.165, 1.54) is 11.1 Å². The number of anilines is 1. The van der Waals surface area contributed by atoms with E-state index < -0.39 is 0 Å². The van der Waals surface area contributed by atoms with Gasteiger partial charge < -0.3 is 10.1 Å². The molecule has 1 N–H and O–H groups in total. The molecule has 1 aliphatic heterocycles. The van der Waals surface area contributed by atoms with E-state index in [4.69, 9.17) is 4.74 Å². The van der Waals surface area contributed by atoms with Crippen molar-refractivity contribution in [2.45, 2.75) is 19.4 Å². The summed E-state index contributed by atoms with van der Waals surface area (Å²) in [6, 6.07) is 12.7. The second-order valence-electron chi connectivity index (χ2n) is 4.95. The fourth-order valence-corrected chi connectivity index (χ4v) is 3.22. The Morgan fingerprint density at radius 2 is 2.05 bits per heavy atom. The molecule has 1 atom stereocenters. The van der Waals surface area contributed by atoms with Crippen LogP contribution in [0.4, 0.5) is 5.69 Å². The van der Waals surface area contributed by atoms with E-state index in [9.17, 15) is 0 Å². The quantitative estimate of drug-likeness (QED) is 0.727. The minimum Gasteiger partial charge on any atom is -0.493 e. The first-order chi connectivity index (χ1) is 9.65. The molecule has 1 unspecified atom stereocenters. The zero-order valence-electron chi connectivity index (χ0n) is 11.1. The molecule has 0 saturated carbocycles. The van der Waals surface area contributed by atoms with Crippen molar-refractivity contribution in [3.8, 4) is 5.75 Å². The van der Waals surface area contributed by atoms with E-state index in [2.05, 4.69) is 68.4 Å².